The van der Waals surface area contributed by atoms with Gasteiger partial charge < -0.3 is 14.4 Å². The predicted octanol–water partition coefficient (Wildman–Crippen LogP) is 1.62. The highest BCUT2D eigenvalue weighted by atomic mass is 16.2. The first-order chi connectivity index (χ1) is 15.0. The third-order valence-corrected chi connectivity index (χ3v) is 7.12. The molecule has 0 N–H and O–H groups in total. The maximum atomic E-state index is 12.9. The summed E-state index contributed by atoms with van der Waals surface area (Å²) in [5.41, 5.74) is 4.01. The Morgan fingerprint density at radius 1 is 1.10 bits per heavy atom. The number of likely N-dealkylation sites (tertiary alicyclic amines) is 1. The molecule has 0 aliphatic carbocycles. The maximum absolute atomic E-state index is 12.9. The molecule has 0 aromatic carbocycles. The van der Waals surface area contributed by atoms with Crippen molar-refractivity contribution in [3.05, 3.63) is 52.1 Å². The number of carbonyl (C=O) groups excluding carboxylic acids is 1. The summed E-state index contributed by atoms with van der Waals surface area (Å²) in [4.78, 5) is 36.3. The van der Waals surface area contributed by atoms with Crippen LogP contribution in [0.5, 0.6) is 0 Å². The first kappa shape index (κ1) is 20.4. The summed E-state index contributed by atoms with van der Waals surface area (Å²) in [5.74, 6) is 0.713. The van der Waals surface area contributed by atoms with Crippen LogP contribution in [-0.2, 0) is 17.9 Å². The average molecular weight is 422 g/mol. The second-order valence-corrected chi connectivity index (χ2v) is 9.47. The molecule has 1 amide bonds. The minimum absolute atomic E-state index is 0.0433. The summed E-state index contributed by atoms with van der Waals surface area (Å²) in [5, 5.41) is 0. The molecule has 0 radical (unpaired) electrons. The smallest absolute Gasteiger partial charge is 0.251 e. The van der Waals surface area contributed by atoms with E-state index in [1.54, 1.807) is 13.0 Å². The van der Waals surface area contributed by atoms with Crippen LogP contribution in [0.15, 0.2) is 35.3 Å². The van der Waals surface area contributed by atoms with E-state index in [-0.39, 0.29) is 17.4 Å². The lowest BCUT2D eigenvalue weighted by Crippen LogP contribution is -2.48. The number of hydrogen-bond acceptors (Lipinski definition) is 5. The van der Waals surface area contributed by atoms with Crippen LogP contribution in [0, 0.1) is 5.92 Å². The molecule has 2 bridgehead atoms. The van der Waals surface area contributed by atoms with E-state index in [1.165, 1.54) is 5.56 Å². The van der Waals surface area contributed by atoms with E-state index >= 15 is 0 Å². The number of piperidine rings is 1. The molecule has 5 heterocycles. The van der Waals surface area contributed by atoms with Crippen LogP contribution in [0.25, 0.3) is 11.3 Å². The molecule has 2 aromatic heterocycles. The third-order valence-electron chi connectivity index (χ3n) is 7.12. The number of piperazine rings is 1. The lowest BCUT2D eigenvalue weighted by atomic mass is 9.82. The van der Waals surface area contributed by atoms with Crippen molar-refractivity contribution < 1.29 is 4.79 Å². The van der Waals surface area contributed by atoms with Crippen LogP contribution >= 0.6 is 0 Å². The van der Waals surface area contributed by atoms with Gasteiger partial charge in [0.2, 0.25) is 5.91 Å². The summed E-state index contributed by atoms with van der Waals surface area (Å²) in [6, 6.07) is 8.00. The van der Waals surface area contributed by atoms with Gasteiger partial charge in [-0.2, -0.15) is 0 Å². The van der Waals surface area contributed by atoms with Crippen molar-refractivity contribution in [3.63, 3.8) is 0 Å². The lowest BCUT2D eigenvalue weighted by Gasteiger charge is -2.42. The summed E-state index contributed by atoms with van der Waals surface area (Å²) in [6.07, 6.45) is 2.99. The molecule has 164 valence electrons. The monoisotopic (exact) mass is 421 g/mol. The second-order valence-electron chi connectivity index (χ2n) is 9.47. The molecular formula is C24H31N5O2. The van der Waals surface area contributed by atoms with Gasteiger partial charge in [0.25, 0.3) is 5.56 Å². The van der Waals surface area contributed by atoms with Crippen LogP contribution in [0.3, 0.4) is 0 Å². The number of hydrogen-bond donors (Lipinski definition) is 0. The van der Waals surface area contributed by atoms with Gasteiger partial charge in [0.15, 0.2) is 0 Å². The number of rotatable bonds is 3. The molecule has 2 aromatic rings. The predicted molar refractivity (Wildman–Crippen MR) is 120 cm³/mol. The normalized spacial score (nSPS) is 24.1. The topological polar surface area (TPSA) is 61.7 Å². The number of fused-ring (bicyclic) bond motifs is 4. The number of nitrogens with zero attached hydrogens (tertiary/aromatic N) is 5. The van der Waals surface area contributed by atoms with Gasteiger partial charge >= 0.3 is 0 Å². The Morgan fingerprint density at radius 2 is 1.90 bits per heavy atom. The third kappa shape index (κ3) is 4.16. The highest BCUT2D eigenvalue weighted by Crippen LogP contribution is 2.36. The Balaban J connectivity index is 1.37. The highest BCUT2D eigenvalue weighted by molar-refractivity contribution is 5.73. The Labute approximate surface area is 183 Å². The van der Waals surface area contributed by atoms with Crippen molar-refractivity contribution in [1.82, 2.24) is 24.3 Å². The second kappa shape index (κ2) is 8.20. The van der Waals surface area contributed by atoms with Crippen molar-refractivity contribution in [2.45, 2.75) is 32.4 Å². The number of likely N-dealkylation sites (N-methyl/N-ethyl adjacent to an activating group) is 1. The summed E-state index contributed by atoms with van der Waals surface area (Å²) in [6.45, 7) is 9.09. The summed E-state index contributed by atoms with van der Waals surface area (Å²) >= 11 is 0. The molecule has 2 fully saturated rings. The highest BCUT2D eigenvalue weighted by Gasteiger charge is 2.35. The molecule has 0 spiro atoms. The van der Waals surface area contributed by atoms with Gasteiger partial charge in [-0.25, -0.2) is 0 Å². The number of carbonyl (C=O) groups is 1. The van der Waals surface area contributed by atoms with Gasteiger partial charge in [-0.3, -0.25) is 19.5 Å². The maximum Gasteiger partial charge on any atom is 0.251 e. The molecule has 3 aliphatic heterocycles. The van der Waals surface area contributed by atoms with Crippen LogP contribution in [0.4, 0.5) is 0 Å². The van der Waals surface area contributed by atoms with E-state index in [1.807, 2.05) is 21.7 Å². The SMILES string of the molecule is CC(=O)N1C[C@@H]2C[C@H](C1)c1cc(-c3ccc(CN4CCN(C)CC4)cn3)cc(=O)n1C2. The average Bonchev–Trinajstić information content (AvgIpc) is 2.76. The van der Waals surface area contributed by atoms with Gasteiger partial charge in [-0.05, 0) is 37.1 Å². The Kier molecular flexibility index (Phi) is 5.40. The number of amides is 1. The fraction of sp³-hybridized carbons (Fsp3) is 0.542. The van der Waals surface area contributed by atoms with Crippen LogP contribution in [0.2, 0.25) is 0 Å². The fourth-order valence-corrected chi connectivity index (χ4v) is 5.32. The van der Waals surface area contributed by atoms with Crippen molar-refractivity contribution in [3.8, 4) is 11.3 Å². The fourth-order valence-electron chi connectivity index (χ4n) is 5.32. The van der Waals surface area contributed by atoms with E-state index in [0.717, 1.165) is 62.6 Å². The standard InChI is InChI=1S/C24H31N5O2/c1-17(30)28-14-19-9-21(16-28)23-10-20(11-24(31)29(23)15-19)22-4-3-18(12-25-22)13-27-7-5-26(2)6-8-27/h3-4,10-12,19,21H,5-9,13-16H2,1-2H3/t19-,21+/m0/s1. The van der Waals surface area contributed by atoms with Gasteiger partial charge in [-0.1, -0.05) is 6.07 Å². The minimum atomic E-state index is 0.0433. The zero-order chi connectivity index (χ0) is 21.5. The number of pyridine rings is 2. The molecule has 31 heavy (non-hydrogen) atoms. The lowest BCUT2D eigenvalue weighted by molar-refractivity contribution is -0.131. The Morgan fingerprint density at radius 3 is 2.61 bits per heavy atom. The van der Waals surface area contributed by atoms with Crippen LogP contribution < -0.4 is 5.56 Å². The molecule has 2 atom stereocenters. The van der Waals surface area contributed by atoms with Crippen molar-refractivity contribution in [1.29, 1.82) is 0 Å². The molecule has 5 rings (SSSR count). The van der Waals surface area contributed by atoms with Gasteiger partial charge in [-0.15, -0.1) is 0 Å². The molecule has 0 unspecified atom stereocenters. The molecule has 3 aliphatic rings. The summed E-state index contributed by atoms with van der Waals surface area (Å²) < 4.78 is 1.92. The van der Waals surface area contributed by atoms with Crippen molar-refractivity contribution in [2.75, 3.05) is 46.3 Å². The quantitative estimate of drug-likeness (QED) is 0.754. The first-order valence-electron chi connectivity index (χ1n) is 11.3. The Hall–Kier alpha value is -2.51. The molecule has 2 saturated heterocycles. The zero-order valence-corrected chi connectivity index (χ0v) is 18.5. The van der Waals surface area contributed by atoms with Gasteiger partial charge in [0.05, 0.1) is 5.69 Å². The van der Waals surface area contributed by atoms with E-state index in [2.05, 4.69) is 29.0 Å². The van der Waals surface area contributed by atoms with E-state index < -0.39 is 0 Å². The molecule has 7 heteroatoms. The largest absolute Gasteiger partial charge is 0.342 e. The van der Waals surface area contributed by atoms with Crippen LogP contribution in [0.1, 0.15) is 30.5 Å². The minimum Gasteiger partial charge on any atom is -0.342 e. The van der Waals surface area contributed by atoms with E-state index in [9.17, 15) is 9.59 Å². The summed E-state index contributed by atoms with van der Waals surface area (Å²) in [7, 11) is 2.17. The van der Waals surface area contributed by atoms with Crippen LogP contribution in [-0.4, -0.2) is 76.5 Å². The molecule has 7 nitrogen and oxygen atoms in total. The molecular weight excluding hydrogens is 390 g/mol. The van der Waals surface area contributed by atoms with Gasteiger partial charge in [0.1, 0.15) is 0 Å². The van der Waals surface area contributed by atoms with Gasteiger partial charge in [0, 0.05) is 88.7 Å². The first-order valence-corrected chi connectivity index (χ1v) is 11.3. The van der Waals surface area contributed by atoms with Crippen molar-refractivity contribution in [2.24, 2.45) is 5.92 Å². The van der Waals surface area contributed by atoms with E-state index in [0.29, 0.717) is 19.0 Å². The zero-order valence-electron chi connectivity index (χ0n) is 18.5. The molecule has 0 saturated carbocycles. The Bertz CT molecular complexity index is 1020. The van der Waals surface area contributed by atoms with E-state index in [4.69, 9.17) is 4.98 Å². The number of aromatic nitrogens is 2. The van der Waals surface area contributed by atoms with Crippen molar-refractivity contribution >= 4 is 5.91 Å².